The van der Waals surface area contributed by atoms with E-state index in [2.05, 4.69) is 45.1 Å². The van der Waals surface area contributed by atoms with Crippen LogP contribution >= 0.6 is 0 Å². The van der Waals surface area contributed by atoms with Crippen LogP contribution in [0.25, 0.3) is 0 Å². The summed E-state index contributed by atoms with van der Waals surface area (Å²) in [5.41, 5.74) is 0. The summed E-state index contributed by atoms with van der Waals surface area (Å²) in [6.07, 6.45) is 77.7. The second-order valence-corrected chi connectivity index (χ2v) is 23.1. The number of esters is 3. The Labute approximate surface area is 468 Å². The Morgan fingerprint density at radius 1 is 0.267 bits per heavy atom. The van der Waals surface area contributed by atoms with Crippen LogP contribution in [0.4, 0.5) is 0 Å². The fraction of sp³-hybridized carbons (Fsp3) is 0.899. The van der Waals surface area contributed by atoms with Gasteiger partial charge in [-0.15, -0.1) is 0 Å². The highest BCUT2D eigenvalue weighted by molar-refractivity contribution is 5.71. The fourth-order valence-electron chi connectivity index (χ4n) is 10.4. The van der Waals surface area contributed by atoms with Crippen molar-refractivity contribution >= 4 is 17.9 Å². The molecule has 0 radical (unpaired) electrons. The number of carbonyl (C=O) groups excluding carboxylic acids is 3. The van der Waals surface area contributed by atoms with Crippen LogP contribution in [0.2, 0.25) is 0 Å². The fourth-order valence-corrected chi connectivity index (χ4v) is 10.4. The third kappa shape index (κ3) is 62.6. The number of unbranched alkanes of at least 4 members (excludes halogenated alkanes) is 48. The third-order valence-corrected chi connectivity index (χ3v) is 15.5. The Morgan fingerprint density at radius 3 is 0.760 bits per heavy atom. The largest absolute Gasteiger partial charge is 0.462 e. The third-order valence-electron chi connectivity index (χ3n) is 15.5. The molecule has 1 atom stereocenters. The predicted molar refractivity (Wildman–Crippen MR) is 326 cm³/mol. The molecule has 75 heavy (non-hydrogen) atoms. The van der Waals surface area contributed by atoms with Gasteiger partial charge in [-0.1, -0.05) is 334 Å². The molecule has 0 amide bonds. The maximum atomic E-state index is 12.9. The summed E-state index contributed by atoms with van der Waals surface area (Å²) in [4.78, 5) is 38.3. The molecule has 0 spiro atoms. The summed E-state index contributed by atoms with van der Waals surface area (Å²) in [7, 11) is 0. The van der Waals surface area contributed by atoms with Crippen LogP contribution in [0.5, 0.6) is 0 Å². The lowest BCUT2D eigenvalue weighted by atomic mass is 10.0. The Bertz CT molecular complexity index is 1210. The lowest BCUT2D eigenvalue weighted by molar-refractivity contribution is -0.167. The zero-order valence-electron chi connectivity index (χ0n) is 50.8. The molecular weight excluding hydrogens is 925 g/mol. The van der Waals surface area contributed by atoms with Crippen molar-refractivity contribution < 1.29 is 28.6 Å². The topological polar surface area (TPSA) is 78.9 Å². The van der Waals surface area contributed by atoms with Crippen molar-refractivity contribution in [2.75, 3.05) is 13.2 Å². The van der Waals surface area contributed by atoms with Crippen LogP contribution in [-0.4, -0.2) is 37.2 Å². The molecule has 0 aromatic carbocycles. The molecular formula is C69H130O6. The molecule has 0 saturated carbocycles. The van der Waals surface area contributed by atoms with Gasteiger partial charge >= 0.3 is 17.9 Å². The average Bonchev–Trinajstić information content (AvgIpc) is 3.41. The Balaban J connectivity index is 4.18. The van der Waals surface area contributed by atoms with Crippen molar-refractivity contribution in [2.45, 2.75) is 386 Å². The maximum Gasteiger partial charge on any atom is 0.306 e. The van der Waals surface area contributed by atoms with Gasteiger partial charge in [-0.2, -0.15) is 0 Å². The number of allylic oxidation sites excluding steroid dienone is 4. The lowest BCUT2D eigenvalue weighted by Gasteiger charge is -2.18. The van der Waals surface area contributed by atoms with Gasteiger partial charge < -0.3 is 14.2 Å². The van der Waals surface area contributed by atoms with Crippen LogP contribution in [0.1, 0.15) is 380 Å². The molecule has 6 nitrogen and oxygen atoms in total. The van der Waals surface area contributed by atoms with E-state index >= 15 is 0 Å². The van der Waals surface area contributed by atoms with Gasteiger partial charge in [0.2, 0.25) is 0 Å². The summed E-state index contributed by atoms with van der Waals surface area (Å²) < 4.78 is 17.0. The van der Waals surface area contributed by atoms with Crippen LogP contribution in [-0.2, 0) is 28.6 Å². The highest BCUT2D eigenvalue weighted by Crippen LogP contribution is 2.18. The van der Waals surface area contributed by atoms with E-state index in [1.165, 1.54) is 270 Å². The van der Waals surface area contributed by atoms with E-state index in [0.717, 1.165) is 70.6 Å². The molecule has 0 fully saturated rings. The highest BCUT2D eigenvalue weighted by Gasteiger charge is 2.19. The SMILES string of the molecule is CCCCC/C=C\C/C=C\CCCCCCCCCC(=O)OC(COC(=O)CCCCCCCCCCCCCCC)COC(=O)CCCCCCCCCCCCCCCCCCCCCCCCCCCCC. The molecule has 0 bridgehead atoms. The van der Waals surface area contributed by atoms with E-state index in [1.54, 1.807) is 0 Å². The molecule has 0 aromatic heterocycles. The Morgan fingerprint density at radius 2 is 0.480 bits per heavy atom. The average molecular weight is 1060 g/mol. The van der Waals surface area contributed by atoms with Crippen molar-refractivity contribution in [3.63, 3.8) is 0 Å². The van der Waals surface area contributed by atoms with Gasteiger partial charge in [0.15, 0.2) is 6.10 Å². The summed E-state index contributed by atoms with van der Waals surface area (Å²) in [6, 6.07) is 0. The molecule has 0 aliphatic carbocycles. The minimum atomic E-state index is -0.772. The molecule has 0 heterocycles. The van der Waals surface area contributed by atoms with E-state index < -0.39 is 6.10 Å². The zero-order valence-corrected chi connectivity index (χ0v) is 50.8. The first-order valence-corrected chi connectivity index (χ1v) is 33.8. The van der Waals surface area contributed by atoms with Crippen molar-refractivity contribution in [1.29, 1.82) is 0 Å². The van der Waals surface area contributed by atoms with Crippen molar-refractivity contribution in [2.24, 2.45) is 0 Å². The van der Waals surface area contributed by atoms with E-state index in [9.17, 15) is 14.4 Å². The first-order chi connectivity index (χ1) is 37.0. The molecule has 0 aliphatic rings. The van der Waals surface area contributed by atoms with E-state index in [1.807, 2.05) is 0 Å². The van der Waals surface area contributed by atoms with Crippen molar-refractivity contribution in [3.05, 3.63) is 24.3 Å². The van der Waals surface area contributed by atoms with Crippen LogP contribution in [0, 0.1) is 0 Å². The highest BCUT2D eigenvalue weighted by atomic mass is 16.6. The van der Waals surface area contributed by atoms with Gasteiger partial charge in [-0.05, 0) is 51.4 Å². The number of carbonyl (C=O) groups is 3. The standard InChI is InChI=1S/C69H130O6/c1-4-7-10-13-16-19-22-25-27-29-30-31-32-33-34-35-36-37-38-40-41-44-47-50-53-56-59-62-68(71)74-65-66(64-73-67(70)61-58-55-52-49-46-43-24-21-18-15-12-9-6-3)75-69(72)63-60-57-54-51-48-45-42-39-28-26-23-20-17-14-11-8-5-2/h17,20,26,28,66H,4-16,18-19,21-25,27,29-65H2,1-3H3/b20-17-,28-26-. The van der Waals surface area contributed by atoms with Crippen molar-refractivity contribution in [1.82, 2.24) is 0 Å². The molecule has 6 heteroatoms. The zero-order chi connectivity index (χ0) is 54.3. The molecule has 0 N–H and O–H groups in total. The second-order valence-electron chi connectivity index (χ2n) is 23.1. The summed E-state index contributed by atoms with van der Waals surface area (Å²) in [5.74, 6) is -0.848. The molecule has 442 valence electrons. The smallest absolute Gasteiger partial charge is 0.306 e. The van der Waals surface area contributed by atoms with Gasteiger partial charge in [-0.3, -0.25) is 14.4 Å². The lowest BCUT2D eigenvalue weighted by Crippen LogP contribution is -2.30. The molecule has 1 unspecified atom stereocenters. The van der Waals surface area contributed by atoms with Gasteiger partial charge in [0.25, 0.3) is 0 Å². The summed E-state index contributed by atoms with van der Waals surface area (Å²) >= 11 is 0. The normalized spacial score (nSPS) is 12.1. The molecule has 0 saturated heterocycles. The predicted octanol–water partition coefficient (Wildman–Crippen LogP) is 23.0. The van der Waals surface area contributed by atoms with Crippen LogP contribution in [0.15, 0.2) is 24.3 Å². The number of ether oxygens (including phenoxy) is 3. The summed E-state index contributed by atoms with van der Waals surface area (Å²) in [6.45, 7) is 6.68. The van der Waals surface area contributed by atoms with Gasteiger partial charge in [0.05, 0.1) is 0 Å². The minimum Gasteiger partial charge on any atom is -0.462 e. The van der Waals surface area contributed by atoms with Crippen molar-refractivity contribution in [3.8, 4) is 0 Å². The van der Waals surface area contributed by atoms with E-state index in [0.29, 0.717) is 19.3 Å². The minimum absolute atomic E-state index is 0.0684. The quantitative estimate of drug-likeness (QED) is 0.0261. The monoisotopic (exact) mass is 1050 g/mol. The number of hydrogen-bond donors (Lipinski definition) is 0. The van der Waals surface area contributed by atoms with E-state index in [4.69, 9.17) is 14.2 Å². The first-order valence-electron chi connectivity index (χ1n) is 33.8. The molecule has 0 aromatic rings. The Hall–Kier alpha value is -2.11. The maximum absolute atomic E-state index is 12.9. The molecule has 0 aliphatic heterocycles. The molecule has 0 rings (SSSR count). The van der Waals surface area contributed by atoms with E-state index in [-0.39, 0.29) is 31.1 Å². The van der Waals surface area contributed by atoms with Gasteiger partial charge in [0.1, 0.15) is 13.2 Å². The number of hydrogen-bond acceptors (Lipinski definition) is 6. The van der Waals surface area contributed by atoms with Crippen LogP contribution in [0.3, 0.4) is 0 Å². The second kappa shape index (κ2) is 64.4. The van der Waals surface area contributed by atoms with Gasteiger partial charge in [-0.25, -0.2) is 0 Å². The van der Waals surface area contributed by atoms with Gasteiger partial charge in [0, 0.05) is 19.3 Å². The number of rotatable bonds is 63. The van der Waals surface area contributed by atoms with Crippen LogP contribution < -0.4 is 0 Å². The Kier molecular flexibility index (Phi) is 62.6. The first kappa shape index (κ1) is 72.9. The summed E-state index contributed by atoms with van der Waals surface area (Å²) in [5, 5.41) is 0.